The van der Waals surface area contributed by atoms with Crippen LogP contribution >= 0.6 is 0 Å². The molecule has 0 aromatic rings. The largest absolute Gasteiger partial charge is 0.444 e. The van der Waals surface area contributed by atoms with Crippen LogP contribution in [0.2, 0.25) is 0 Å². The number of carbonyl (C=O) groups excluding carboxylic acids is 3. The lowest BCUT2D eigenvalue weighted by Gasteiger charge is -2.37. The van der Waals surface area contributed by atoms with E-state index in [-0.39, 0.29) is 24.4 Å². The summed E-state index contributed by atoms with van der Waals surface area (Å²) in [5.41, 5.74) is 4.06. The third-order valence-corrected chi connectivity index (χ3v) is 5.19. The second-order valence-electron chi connectivity index (χ2n) is 8.25. The first kappa shape index (κ1) is 16.1. The van der Waals surface area contributed by atoms with E-state index in [1.165, 1.54) is 4.90 Å². The quantitative estimate of drug-likeness (QED) is 0.749. The van der Waals surface area contributed by atoms with Gasteiger partial charge in [-0.15, -0.1) is 0 Å². The molecule has 3 aliphatic rings. The Labute approximate surface area is 135 Å². The van der Waals surface area contributed by atoms with Gasteiger partial charge in [0.05, 0.1) is 5.41 Å². The molecule has 0 aromatic heterocycles. The van der Waals surface area contributed by atoms with Crippen molar-refractivity contribution in [3.05, 3.63) is 0 Å². The summed E-state index contributed by atoms with van der Waals surface area (Å²) in [5.74, 6) is -0.647. The van der Waals surface area contributed by atoms with Crippen molar-refractivity contribution < 1.29 is 19.1 Å². The molecule has 3 rings (SSSR count). The van der Waals surface area contributed by atoms with E-state index < -0.39 is 29.1 Å². The standard InChI is InChI=1S/C16H25N3O4/c1-14(2,3)23-13(22)19-9-15(8-10(19)11(17)20)4-5-16(6-7-16)18-12(15)21/h10H,4-9H2,1-3H3,(H2,17,20)(H,18,21)/t10-,15-/m0/s1. The number of nitrogens with zero attached hydrogens (tertiary/aromatic N) is 1. The highest BCUT2D eigenvalue weighted by Crippen LogP contribution is 2.50. The van der Waals surface area contributed by atoms with Crippen LogP contribution in [0.5, 0.6) is 0 Å². The summed E-state index contributed by atoms with van der Waals surface area (Å²) in [4.78, 5) is 38.2. The third kappa shape index (κ3) is 2.88. The number of hydrogen-bond donors (Lipinski definition) is 2. The van der Waals surface area contributed by atoms with Crippen molar-refractivity contribution in [2.24, 2.45) is 11.1 Å². The number of rotatable bonds is 1. The van der Waals surface area contributed by atoms with Gasteiger partial charge >= 0.3 is 6.09 Å². The lowest BCUT2D eigenvalue weighted by atomic mass is 9.75. The van der Waals surface area contributed by atoms with Crippen molar-refractivity contribution in [1.29, 1.82) is 0 Å². The molecule has 0 aromatic carbocycles. The monoisotopic (exact) mass is 323 g/mol. The lowest BCUT2D eigenvalue weighted by Crippen LogP contribution is -2.53. The highest BCUT2D eigenvalue weighted by molar-refractivity contribution is 5.91. The van der Waals surface area contributed by atoms with E-state index in [2.05, 4.69) is 5.32 Å². The molecular formula is C16H25N3O4. The van der Waals surface area contributed by atoms with E-state index in [0.717, 1.165) is 19.3 Å². The summed E-state index contributed by atoms with van der Waals surface area (Å²) in [6.07, 6.45) is 3.31. The second-order valence-corrected chi connectivity index (χ2v) is 8.25. The summed E-state index contributed by atoms with van der Waals surface area (Å²) in [5, 5.41) is 3.10. The van der Waals surface area contributed by atoms with Gasteiger partial charge in [-0.3, -0.25) is 14.5 Å². The van der Waals surface area contributed by atoms with Crippen molar-refractivity contribution in [3.8, 4) is 0 Å². The molecule has 0 unspecified atom stereocenters. The van der Waals surface area contributed by atoms with Gasteiger partial charge in [-0.1, -0.05) is 0 Å². The molecule has 0 radical (unpaired) electrons. The zero-order valence-electron chi connectivity index (χ0n) is 14.0. The van der Waals surface area contributed by atoms with Crippen LogP contribution in [-0.2, 0) is 14.3 Å². The summed E-state index contributed by atoms with van der Waals surface area (Å²) in [6, 6.07) is -0.788. The average Bonchev–Trinajstić information content (AvgIpc) is 3.03. The van der Waals surface area contributed by atoms with E-state index in [4.69, 9.17) is 10.5 Å². The number of nitrogens with one attached hydrogen (secondary N) is 1. The van der Waals surface area contributed by atoms with Gasteiger partial charge in [-0.05, 0) is 52.9 Å². The van der Waals surface area contributed by atoms with Crippen LogP contribution < -0.4 is 11.1 Å². The highest BCUT2D eigenvalue weighted by Gasteiger charge is 2.59. The van der Waals surface area contributed by atoms with Crippen LogP contribution in [0.25, 0.3) is 0 Å². The molecule has 2 aliphatic heterocycles. The van der Waals surface area contributed by atoms with Crippen LogP contribution in [0.15, 0.2) is 0 Å². The minimum Gasteiger partial charge on any atom is -0.444 e. The van der Waals surface area contributed by atoms with Crippen molar-refractivity contribution in [3.63, 3.8) is 0 Å². The number of primary amides is 1. The van der Waals surface area contributed by atoms with Gasteiger partial charge in [0.1, 0.15) is 11.6 Å². The Balaban J connectivity index is 1.79. The molecule has 1 saturated carbocycles. The maximum Gasteiger partial charge on any atom is 0.411 e. The normalized spacial score (nSPS) is 32.0. The van der Waals surface area contributed by atoms with Crippen molar-refractivity contribution in [2.75, 3.05) is 6.54 Å². The number of carbonyl (C=O) groups is 3. The third-order valence-electron chi connectivity index (χ3n) is 5.19. The Morgan fingerprint density at radius 3 is 2.35 bits per heavy atom. The fourth-order valence-electron chi connectivity index (χ4n) is 3.65. The van der Waals surface area contributed by atoms with Gasteiger partial charge in [0.25, 0.3) is 0 Å². The number of likely N-dealkylation sites (tertiary alicyclic amines) is 1. The predicted octanol–water partition coefficient (Wildman–Crippen LogP) is 0.910. The zero-order valence-corrected chi connectivity index (χ0v) is 14.0. The fraction of sp³-hybridized carbons (Fsp3) is 0.812. The first-order valence-corrected chi connectivity index (χ1v) is 8.18. The van der Waals surface area contributed by atoms with E-state index in [1.54, 1.807) is 20.8 Å². The molecule has 3 fully saturated rings. The van der Waals surface area contributed by atoms with Gasteiger partial charge in [-0.25, -0.2) is 4.79 Å². The molecule has 7 heteroatoms. The Morgan fingerprint density at radius 1 is 1.26 bits per heavy atom. The summed E-state index contributed by atoms with van der Waals surface area (Å²) >= 11 is 0. The van der Waals surface area contributed by atoms with E-state index in [9.17, 15) is 14.4 Å². The van der Waals surface area contributed by atoms with Crippen molar-refractivity contribution in [2.45, 2.75) is 70.1 Å². The first-order chi connectivity index (χ1) is 10.6. The smallest absolute Gasteiger partial charge is 0.411 e. The van der Waals surface area contributed by atoms with Gasteiger partial charge in [0, 0.05) is 12.1 Å². The van der Waals surface area contributed by atoms with Gasteiger partial charge < -0.3 is 15.8 Å². The predicted molar refractivity (Wildman–Crippen MR) is 82.3 cm³/mol. The van der Waals surface area contributed by atoms with Crippen LogP contribution in [0.4, 0.5) is 4.79 Å². The topological polar surface area (TPSA) is 102 Å². The molecule has 3 amide bonds. The molecule has 1 aliphatic carbocycles. The van der Waals surface area contributed by atoms with Crippen LogP contribution in [0, 0.1) is 5.41 Å². The minimum absolute atomic E-state index is 0.0239. The minimum atomic E-state index is -0.788. The Morgan fingerprint density at radius 2 is 1.87 bits per heavy atom. The van der Waals surface area contributed by atoms with Crippen molar-refractivity contribution >= 4 is 17.9 Å². The number of hydrogen-bond acceptors (Lipinski definition) is 4. The molecular weight excluding hydrogens is 298 g/mol. The van der Waals surface area contributed by atoms with E-state index in [0.29, 0.717) is 6.42 Å². The second kappa shape index (κ2) is 4.85. The van der Waals surface area contributed by atoms with E-state index >= 15 is 0 Å². The molecule has 0 bridgehead atoms. The number of amides is 3. The van der Waals surface area contributed by atoms with Crippen LogP contribution in [-0.4, -0.2) is 46.5 Å². The van der Waals surface area contributed by atoms with Gasteiger partial charge in [0.2, 0.25) is 11.8 Å². The highest BCUT2D eigenvalue weighted by atomic mass is 16.6. The number of nitrogens with two attached hydrogens (primary N) is 1. The SMILES string of the molecule is CC(C)(C)OC(=O)N1C[C@]2(CCC3(CC3)NC2=O)C[C@H]1C(N)=O. The Bertz CT molecular complexity index is 564. The first-order valence-electron chi connectivity index (χ1n) is 8.18. The van der Waals surface area contributed by atoms with Crippen LogP contribution in [0.1, 0.15) is 52.9 Å². The summed E-state index contributed by atoms with van der Waals surface area (Å²) in [6.45, 7) is 5.48. The number of piperidine rings is 1. The van der Waals surface area contributed by atoms with Crippen LogP contribution in [0.3, 0.4) is 0 Å². The summed E-state index contributed by atoms with van der Waals surface area (Å²) < 4.78 is 5.37. The molecule has 23 heavy (non-hydrogen) atoms. The molecule has 7 nitrogen and oxygen atoms in total. The molecule has 2 heterocycles. The average molecular weight is 323 g/mol. The van der Waals surface area contributed by atoms with E-state index in [1.807, 2.05) is 0 Å². The maximum atomic E-state index is 12.7. The molecule has 3 N–H and O–H groups in total. The maximum absolute atomic E-state index is 12.7. The van der Waals surface area contributed by atoms with Gasteiger partial charge in [-0.2, -0.15) is 0 Å². The molecule has 2 atom stereocenters. The molecule has 128 valence electrons. The fourth-order valence-corrected chi connectivity index (χ4v) is 3.65. The molecule has 2 saturated heterocycles. The Kier molecular flexibility index (Phi) is 3.39. The number of ether oxygens (including phenoxy) is 1. The molecule has 2 spiro atoms. The van der Waals surface area contributed by atoms with Crippen molar-refractivity contribution in [1.82, 2.24) is 10.2 Å². The summed E-state index contributed by atoms with van der Waals surface area (Å²) in [7, 11) is 0. The Hall–Kier alpha value is -1.79. The lowest BCUT2D eigenvalue weighted by molar-refractivity contribution is -0.134. The zero-order chi connectivity index (χ0) is 17.0. The van der Waals surface area contributed by atoms with Gasteiger partial charge in [0.15, 0.2) is 0 Å².